The average Bonchev–Trinajstić information content (AvgIpc) is 3.41. The highest BCUT2D eigenvalue weighted by Gasteiger charge is 2.33. The first-order chi connectivity index (χ1) is 19.1. The molecule has 1 N–H and O–H groups in total. The zero-order valence-electron chi connectivity index (χ0n) is 21.6. The minimum Gasteiger partial charge on any atom is -0.493 e. The zero-order chi connectivity index (χ0) is 26.9. The van der Waals surface area contributed by atoms with E-state index in [1.807, 2.05) is 24.3 Å². The molecule has 2 aromatic heterocycles. The molecule has 0 aliphatic carbocycles. The van der Waals surface area contributed by atoms with Crippen molar-refractivity contribution in [2.75, 3.05) is 25.7 Å². The molecule has 0 amide bonds. The number of benzene rings is 3. The predicted molar refractivity (Wildman–Crippen MR) is 145 cm³/mol. The van der Waals surface area contributed by atoms with Gasteiger partial charge in [0.2, 0.25) is 0 Å². The molecule has 0 fully saturated rings. The van der Waals surface area contributed by atoms with Gasteiger partial charge in [0.1, 0.15) is 11.9 Å². The van der Waals surface area contributed by atoms with Crippen LogP contribution in [0.1, 0.15) is 35.0 Å². The summed E-state index contributed by atoms with van der Waals surface area (Å²) >= 11 is 0. The van der Waals surface area contributed by atoms with E-state index < -0.39 is 6.04 Å². The summed E-state index contributed by atoms with van der Waals surface area (Å²) in [4.78, 5) is 18.9. The van der Waals surface area contributed by atoms with Gasteiger partial charge in [0.15, 0.2) is 17.3 Å². The van der Waals surface area contributed by atoms with Crippen LogP contribution in [0, 0.1) is 5.82 Å². The number of ether oxygens (including phenoxy) is 2. The highest BCUT2D eigenvalue weighted by Crippen LogP contribution is 2.38. The molecular formula is C29H27FN6O3. The van der Waals surface area contributed by atoms with Crippen LogP contribution < -0.4 is 19.9 Å². The van der Waals surface area contributed by atoms with E-state index in [0.717, 1.165) is 29.5 Å². The van der Waals surface area contributed by atoms with Gasteiger partial charge >= 0.3 is 0 Å². The number of tetrazole rings is 1. The molecule has 9 nitrogen and oxygen atoms in total. The van der Waals surface area contributed by atoms with E-state index in [9.17, 15) is 9.18 Å². The molecule has 6 rings (SSSR count). The Bertz CT molecular complexity index is 1700. The van der Waals surface area contributed by atoms with E-state index in [1.54, 1.807) is 37.1 Å². The van der Waals surface area contributed by atoms with E-state index in [2.05, 4.69) is 37.5 Å². The maximum atomic E-state index is 13.7. The van der Waals surface area contributed by atoms with Gasteiger partial charge in [-0.1, -0.05) is 30.3 Å². The van der Waals surface area contributed by atoms with E-state index in [-0.39, 0.29) is 11.4 Å². The molecule has 1 atom stereocenters. The summed E-state index contributed by atoms with van der Waals surface area (Å²) in [6.45, 7) is 1.04. The quantitative estimate of drug-likeness (QED) is 0.338. The fraction of sp³-hybridized carbons (Fsp3) is 0.241. The van der Waals surface area contributed by atoms with Crippen molar-refractivity contribution in [1.82, 2.24) is 25.2 Å². The van der Waals surface area contributed by atoms with E-state index in [0.29, 0.717) is 41.5 Å². The monoisotopic (exact) mass is 526 g/mol. The van der Waals surface area contributed by atoms with Crippen LogP contribution in [0.2, 0.25) is 0 Å². The van der Waals surface area contributed by atoms with Gasteiger partial charge in [-0.05, 0) is 64.7 Å². The van der Waals surface area contributed by atoms with Crippen molar-refractivity contribution in [3.63, 3.8) is 0 Å². The lowest BCUT2D eigenvalue weighted by molar-refractivity contribution is 0.356. The summed E-state index contributed by atoms with van der Waals surface area (Å²) < 4.78 is 26.2. The summed E-state index contributed by atoms with van der Waals surface area (Å²) in [5.41, 5.74) is 3.96. The number of fused-ring (bicyclic) bond motifs is 2. The molecule has 0 saturated carbocycles. The van der Waals surface area contributed by atoms with Crippen LogP contribution in [-0.4, -0.2) is 46.0 Å². The van der Waals surface area contributed by atoms with Crippen LogP contribution in [0.5, 0.6) is 11.5 Å². The molecule has 0 saturated heterocycles. The Morgan fingerprint density at radius 2 is 1.79 bits per heavy atom. The Morgan fingerprint density at radius 3 is 2.59 bits per heavy atom. The first-order valence-electron chi connectivity index (χ1n) is 12.7. The summed E-state index contributed by atoms with van der Waals surface area (Å²) in [5, 5.41) is 13.5. The fourth-order valence-electron chi connectivity index (χ4n) is 5.31. The number of hydrogen-bond acceptors (Lipinski definition) is 7. The SMILES string of the molecule is COc1cc2cc([C@H](c3nnnn3Cc3ccc(F)cc3)N3CCCc4ccccc43)c(=O)[nH]c2cc1OC. The molecule has 5 aromatic rings. The van der Waals surface area contributed by atoms with Crippen molar-refractivity contribution in [2.45, 2.75) is 25.4 Å². The highest BCUT2D eigenvalue weighted by atomic mass is 19.1. The summed E-state index contributed by atoms with van der Waals surface area (Å²) in [6, 6.07) is 19.3. The zero-order valence-corrected chi connectivity index (χ0v) is 21.6. The van der Waals surface area contributed by atoms with E-state index >= 15 is 0 Å². The van der Waals surface area contributed by atoms with Gasteiger partial charge in [0, 0.05) is 29.2 Å². The lowest BCUT2D eigenvalue weighted by Crippen LogP contribution is -2.38. The minimum absolute atomic E-state index is 0.251. The van der Waals surface area contributed by atoms with Crippen LogP contribution in [0.25, 0.3) is 10.9 Å². The highest BCUT2D eigenvalue weighted by molar-refractivity contribution is 5.83. The van der Waals surface area contributed by atoms with Crippen molar-refractivity contribution < 1.29 is 13.9 Å². The van der Waals surface area contributed by atoms with Gasteiger partial charge in [-0.15, -0.1) is 5.10 Å². The van der Waals surface area contributed by atoms with Gasteiger partial charge in [0.05, 0.1) is 26.3 Å². The molecule has 0 bridgehead atoms. The molecule has 3 aromatic carbocycles. The van der Waals surface area contributed by atoms with E-state index in [1.165, 1.54) is 17.7 Å². The van der Waals surface area contributed by atoms with Crippen molar-refractivity contribution >= 4 is 16.6 Å². The van der Waals surface area contributed by atoms with Gasteiger partial charge in [-0.2, -0.15) is 0 Å². The van der Waals surface area contributed by atoms with Crippen molar-refractivity contribution in [2.24, 2.45) is 0 Å². The normalized spacial score (nSPS) is 13.8. The van der Waals surface area contributed by atoms with E-state index in [4.69, 9.17) is 9.47 Å². The van der Waals surface area contributed by atoms with Crippen LogP contribution >= 0.6 is 0 Å². The number of H-pyrrole nitrogens is 1. The minimum atomic E-state index is -0.580. The van der Waals surface area contributed by atoms with Crippen LogP contribution in [-0.2, 0) is 13.0 Å². The molecule has 0 unspecified atom stereocenters. The number of nitrogens with one attached hydrogen (secondary N) is 1. The Hall–Kier alpha value is -4.73. The number of aromatic amines is 1. The molecule has 0 spiro atoms. The molecule has 1 aliphatic heterocycles. The Kier molecular flexibility index (Phi) is 6.44. The lowest BCUT2D eigenvalue weighted by atomic mass is 9.96. The van der Waals surface area contributed by atoms with Crippen molar-refractivity contribution in [3.8, 4) is 11.5 Å². The molecule has 198 valence electrons. The number of aryl methyl sites for hydroxylation is 1. The molecule has 3 heterocycles. The fourth-order valence-corrected chi connectivity index (χ4v) is 5.31. The van der Waals surface area contributed by atoms with Gasteiger partial charge < -0.3 is 19.4 Å². The van der Waals surface area contributed by atoms with Gasteiger partial charge in [0.25, 0.3) is 5.56 Å². The maximum absolute atomic E-state index is 13.7. The third-order valence-corrected chi connectivity index (χ3v) is 7.18. The lowest BCUT2D eigenvalue weighted by Gasteiger charge is -2.37. The maximum Gasteiger partial charge on any atom is 0.254 e. The standard InChI is InChI=1S/C29H27FN6O3/c1-38-25-15-20-14-22(29(37)31-23(20)16-26(25)39-2)27(35-13-5-7-19-6-3-4-8-24(19)35)28-32-33-34-36(28)17-18-9-11-21(30)12-10-18/h3-4,6,8-12,14-16,27H,5,7,13,17H2,1-2H3,(H,31,37)/t27-/m1/s1. The second kappa shape index (κ2) is 10.2. The number of halogens is 1. The smallest absolute Gasteiger partial charge is 0.254 e. The number of methoxy groups -OCH3 is 2. The first kappa shape index (κ1) is 24.6. The number of pyridine rings is 1. The van der Waals surface area contributed by atoms with Crippen LogP contribution in [0.15, 0.2) is 71.5 Å². The number of aromatic nitrogens is 5. The van der Waals surface area contributed by atoms with Crippen LogP contribution in [0.4, 0.5) is 10.1 Å². The molecule has 39 heavy (non-hydrogen) atoms. The van der Waals surface area contributed by atoms with Crippen LogP contribution in [0.3, 0.4) is 0 Å². The number of anilines is 1. The predicted octanol–water partition coefficient (Wildman–Crippen LogP) is 4.26. The Balaban J connectivity index is 1.53. The molecular weight excluding hydrogens is 499 g/mol. The third-order valence-electron chi connectivity index (χ3n) is 7.18. The topological polar surface area (TPSA) is 98.2 Å². The second-order valence-corrected chi connectivity index (χ2v) is 9.50. The van der Waals surface area contributed by atoms with Gasteiger partial charge in [-0.3, -0.25) is 4.79 Å². The second-order valence-electron chi connectivity index (χ2n) is 9.50. The first-order valence-corrected chi connectivity index (χ1v) is 12.7. The number of nitrogens with zero attached hydrogens (tertiary/aromatic N) is 5. The summed E-state index contributed by atoms with van der Waals surface area (Å²) in [7, 11) is 3.13. The average molecular weight is 527 g/mol. The molecule has 0 radical (unpaired) electrons. The number of para-hydroxylation sites is 1. The third kappa shape index (κ3) is 4.58. The Morgan fingerprint density at radius 1 is 1.03 bits per heavy atom. The number of hydrogen-bond donors (Lipinski definition) is 1. The summed E-state index contributed by atoms with van der Waals surface area (Å²) in [6.07, 6.45) is 1.87. The number of rotatable bonds is 7. The van der Waals surface area contributed by atoms with Gasteiger partial charge in [-0.25, -0.2) is 9.07 Å². The van der Waals surface area contributed by atoms with Crippen molar-refractivity contribution in [1.29, 1.82) is 0 Å². The molecule has 10 heteroatoms. The Labute approximate surface area is 223 Å². The largest absolute Gasteiger partial charge is 0.493 e. The van der Waals surface area contributed by atoms with Crippen molar-refractivity contribution in [3.05, 3.63) is 105 Å². The summed E-state index contributed by atoms with van der Waals surface area (Å²) in [5.74, 6) is 1.29. The molecule has 1 aliphatic rings.